The molecule has 1 atom stereocenters. The van der Waals surface area contributed by atoms with Gasteiger partial charge >= 0.3 is 0 Å². The fourth-order valence-electron chi connectivity index (χ4n) is 1.78. The number of nitrogens with one attached hydrogen (secondary N) is 2. The second-order valence-electron chi connectivity index (χ2n) is 5.72. The number of hydrogen-bond acceptors (Lipinski definition) is 4. The molecule has 0 aliphatic heterocycles. The number of hydrogen-bond donors (Lipinski definition) is 3. The van der Waals surface area contributed by atoms with Crippen LogP contribution in [0.2, 0.25) is 0 Å². The highest BCUT2D eigenvalue weighted by Gasteiger charge is 2.17. The van der Waals surface area contributed by atoms with E-state index in [1.54, 1.807) is 32.9 Å². The van der Waals surface area contributed by atoms with Gasteiger partial charge in [-0.25, -0.2) is 8.78 Å². The molecule has 0 aromatic heterocycles. The first-order valence-electron chi connectivity index (χ1n) is 7.55. The number of aryl methyl sites for hydroxylation is 1. The number of nitrogens with two attached hydrogens (primary N) is 1. The van der Waals surface area contributed by atoms with Gasteiger partial charge in [-0.15, -0.1) is 0 Å². The van der Waals surface area contributed by atoms with Crippen LogP contribution in [0.25, 0.3) is 0 Å². The maximum Gasteiger partial charge on any atom is 0.272 e. The molecule has 0 radical (unpaired) electrons. The van der Waals surface area contributed by atoms with E-state index in [-0.39, 0.29) is 18.2 Å². The minimum atomic E-state index is -2.58. The van der Waals surface area contributed by atoms with Gasteiger partial charge in [-0.3, -0.25) is 9.59 Å². The molecule has 0 unspecified atom stereocenters. The standard InChI is InChI=1S/C16H23F2N3O3/c1-9(2)15(19)16(23)20-7-14(22)21-11-5-4-10(3)12(6-11)24-8-13(17)18/h4-6,9,13,15H,7-8,19H2,1-3H3,(H,20,23)(H,21,22)/t15-/m0/s1. The number of benzene rings is 1. The smallest absolute Gasteiger partial charge is 0.272 e. The Labute approximate surface area is 139 Å². The lowest BCUT2D eigenvalue weighted by Gasteiger charge is -2.15. The molecule has 0 saturated carbocycles. The quantitative estimate of drug-likeness (QED) is 0.669. The molecule has 134 valence electrons. The summed E-state index contributed by atoms with van der Waals surface area (Å²) in [6, 6.07) is 4.02. The summed E-state index contributed by atoms with van der Waals surface area (Å²) in [7, 11) is 0. The molecule has 8 heteroatoms. The lowest BCUT2D eigenvalue weighted by atomic mass is 10.1. The van der Waals surface area contributed by atoms with E-state index in [4.69, 9.17) is 10.5 Å². The van der Waals surface area contributed by atoms with E-state index >= 15 is 0 Å². The van der Waals surface area contributed by atoms with Crippen LogP contribution in [-0.4, -0.2) is 37.4 Å². The summed E-state index contributed by atoms with van der Waals surface area (Å²) in [5, 5.41) is 5.00. The molecule has 2 amide bonds. The summed E-state index contributed by atoms with van der Waals surface area (Å²) < 4.78 is 29.4. The van der Waals surface area contributed by atoms with Crippen LogP contribution < -0.4 is 21.1 Å². The Bertz CT molecular complexity index is 580. The Morgan fingerprint density at radius 3 is 2.54 bits per heavy atom. The highest BCUT2D eigenvalue weighted by atomic mass is 19.3. The normalized spacial score (nSPS) is 12.2. The van der Waals surface area contributed by atoms with E-state index in [9.17, 15) is 18.4 Å². The zero-order chi connectivity index (χ0) is 18.3. The molecule has 6 nitrogen and oxygen atoms in total. The van der Waals surface area contributed by atoms with Gasteiger partial charge in [-0.1, -0.05) is 19.9 Å². The van der Waals surface area contributed by atoms with Crippen molar-refractivity contribution in [3.05, 3.63) is 23.8 Å². The minimum absolute atomic E-state index is 0.0419. The van der Waals surface area contributed by atoms with Crippen LogP contribution in [0.4, 0.5) is 14.5 Å². The van der Waals surface area contributed by atoms with Gasteiger partial charge in [0.15, 0.2) is 0 Å². The third-order valence-electron chi connectivity index (χ3n) is 3.28. The average Bonchev–Trinajstić information content (AvgIpc) is 2.52. The number of rotatable bonds is 8. The van der Waals surface area contributed by atoms with E-state index in [1.165, 1.54) is 6.07 Å². The minimum Gasteiger partial charge on any atom is -0.487 e. The summed E-state index contributed by atoms with van der Waals surface area (Å²) in [5.41, 5.74) is 6.73. The Hall–Kier alpha value is -2.22. The molecule has 1 aromatic rings. The van der Waals surface area contributed by atoms with Gasteiger partial charge in [-0.05, 0) is 24.5 Å². The predicted octanol–water partition coefficient (Wildman–Crippen LogP) is 1.68. The average molecular weight is 343 g/mol. The van der Waals surface area contributed by atoms with Gasteiger partial charge in [0.05, 0.1) is 12.6 Å². The maximum atomic E-state index is 12.2. The van der Waals surface area contributed by atoms with Gasteiger partial charge in [0, 0.05) is 11.8 Å². The van der Waals surface area contributed by atoms with E-state index in [1.807, 2.05) is 0 Å². The number of halogens is 2. The summed E-state index contributed by atoms with van der Waals surface area (Å²) in [6.07, 6.45) is -2.58. The number of carbonyl (C=O) groups is 2. The largest absolute Gasteiger partial charge is 0.487 e. The fraction of sp³-hybridized carbons (Fsp3) is 0.500. The topological polar surface area (TPSA) is 93.5 Å². The van der Waals surface area contributed by atoms with Gasteiger partial charge < -0.3 is 21.1 Å². The second kappa shape index (κ2) is 9.17. The van der Waals surface area contributed by atoms with E-state index in [2.05, 4.69) is 10.6 Å². The van der Waals surface area contributed by atoms with Gasteiger partial charge in [-0.2, -0.15) is 0 Å². The van der Waals surface area contributed by atoms with Crippen LogP contribution >= 0.6 is 0 Å². The molecule has 0 saturated heterocycles. The second-order valence-corrected chi connectivity index (χ2v) is 5.72. The van der Waals surface area contributed by atoms with Crippen LogP contribution in [0.15, 0.2) is 18.2 Å². The zero-order valence-electron chi connectivity index (χ0n) is 13.9. The van der Waals surface area contributed by atoms with Crippen molar-refractivity contribution >= 4 is 17.5 Å². The molecule has 0 aliphatic rings. The maximum absolute atomic E-state index is 12.2. The van der Waals surface area contributed by atoms with Crippen LogP contribution in [-0.2, 0) is 9.59 Å². The monoisotopic (exact) mass is 343 g/mol. The number of ether oxygens (including phenoxy) is 1. The summed E-state index contributed by atoms with van der Waals surface area (Å²) in [5.74, 6) is -0.647. The van der Waals surface area contributed by atoms with Crippen molar-refractivity contribution in [2.45, 2.75) is 33.2 Å². The van der Waals surface area contributed by atoms with Crippen LogP contribution in [0.3, 0.4) is 0 Å². The SMILES string of the molecule is Cc1ccc(NC(=O)CNC(=O)[C@@H](N)C(C)C)cc1OCC(F)F. The molecule has 0 fully saturated rings. The van der Waals surface area contributed by atoms with Crippen molar-refractivity contribution in [2.24, 2.45) is 11.7 Å². The van der Waals surface area contributed by atoms with E-state index in [0.717, 1.165) is 0 Å². The van der Waals surface area contributed by atoms with Gasteiger partial charge in [0.2, 0.25) is 11.8 Å². The van der Waals surface area contributed by atoms with Crippen LogP contribution in [0, 0.1) is 12.8 Å². The molecule has 4 N–H and O–H groups in total. The Kier molecular flexibility index (Phi) is 7.57. The third-order valence-corrected chi connectivity index (χ3v) is 3.28. The number of alkyl halides is 2. The molecule has 0 spiro atoms. The van der Waals surface area contributed by atoms with Crippen molar-refractivity contribution in [1.29, 1.82) is 0 Å². The predicted molar refractivity (Wildman–Crippen MR) is 87.1 cm³/mol. The lowest BCUT2D eigenvalue weighted by molar-refractivity contribution is -0.125. The van der Waals surface area contributed by atoms with Crippen molar-refractivity contribution in [2.75, 3.05) is 18.5 Å². The fourth-order valence-corrected chi connectivity index (χ4v) is 1.78. The molecule has 1 rings (SSSR count). The van der Waals surface area contributed by atoms with Crippen molar-refractivity contribution in [3.63, 3.8) is 0 Å². The van der Waals surface area contributed by atoms with E-state index in [0.29, 0.717) is 11.3 Å². The van der Waals surface area contributed by atoms with Crippen molar-refractivity contribution < 1.29 is 23.1 Å². The van der Waals surface area contributed by atoms with Crippen molar-refractivity contribution in [3.8, 4) is 5.75 Å². The van der Waals surface area contributed by atoms with Crippen molar-refractivity contribution in [1.82, 2.24) is 5.32 Å². The zero-order valence-corrected chi connectivity index (χ0v) is 13.9. The first-order chi connectivity index (χ1) is 11.2. The number of anilines is 1. The Morgan fingerprint density at radius 2 is 1.96 bits per heavy atom. The first kappa shape index (κ1) is 19.8. The Balaban J connectivity index is 2.58. The number of carbonyl (C=O) groups excluding carboxylic acids is 2. The molecule has 0 aliphatic carbocycles. The molecular weight excluding hydrogens is 320 g/mol. The highest BCUT2D eigenvalue weighted by Crippen LogP contribution is 2.23. The highest BCUT2D eigenvalue weighted by molar-refractivity contribution is 5.95. The first-order valence-corrected chi connectivity index (χ1v) is 7.55. The molecule has 0 bridgehead atoms. The Morgan fingerprint density at radius 1 is 1.29 bits per heavy atom. The van der Waals surface area contributed by atoms with Gasteiger partial charge in [0.1, 0.15) is 12.4 Å². The summed E-state index contributed by atoms with van der Waals surface area (Å²) in [4.78, 5) is 23.5. The van der Waals surface area contributed by atoms with E-state index < -0.39 is 30.9 Å². The molecule has 0 heterocycles. The van der Waals surface area contributed by atoms with Gasteiger partial charge in [0.25, 0.3) is 6.43 Å². The molecular formula is C16H23F2N3O3. The summed E-state index contributed by atoms with van der Waals surface area (Å²) in [6.45, 7) is 4.36. The summed E-state index contributed by atoms with van der Waals surface area (Å²) >= 11 is 0. The lowest BCUT2D eigenvalue weighted by Crippen LogP contribution is -2.46. The third kappa shape index (κ3) is 6.49. The van der Waals surface area contributed by atoms with Crippen LogP contribution in [0.1, 0.15) is 19.4 Å². The molecule has 24 heavy (non-hydrogen) atoms. The van der Waals surface area contributed by atoms with Crippen LogP contribution in [0.5, 0.6) is 5.75 Å². The number of amides is 2. The molecule has 1 aromatic carbocycles.